The van der Waals surface area contributed by atoms with Gasteiger partial charge >= 0.3 is 0 Å². The van der Waals surface area contributed by atoms with E-state index in [1.807, 2.05) is 11.7 Å². The van der Waals surface area contributed by atoms with Gasteiger partial charge in [0.25, 0.3) is 0 Å². The van der Waals surface area contributed by atoms with Gasteiger partial charge in [0.15, 0.2) is 0 Å². The highest BCUT2D eigenvalue weighted by molar-refractivity contribution is 6.31. The summed E-state index contributed by atoms with van der Waals surface area (Å²) in [4.78, 5) is 0. The van der Waals surface area contributed by atoms with Gasteiger partial charge in [-0.1, -0.05) is 37.8 Å². The number of rotatable bonds is 4. The van der Waals surface area contributed by atoms with E-state index in [1.54, 1.807) is 6.20 Å². The van der Waals surface area contributed by atoms with Crippen molar-refractivity contribution in [3.63, 3.8) is 0 Å². The average molecular weight is 270 g/mol. The summed E-state index contributed by atoms with van der Waals surface area (Å²) in [5, 5.41) is 8.65. The van der Waals surface area contributed by atoms with Crippen molar-refractivity contribution >= 4 is 11.6 Å². The first-order valence-electron chi connectivity index (χ1n) is 7.01. The molecule has 1 N–H and O–H groups in total. The van der Waals surface area contributed by atoms with E-state index in [1.165, 1.54) is 32.1 Å². The second-order valence-electron chi connectivity index (χ2n) is 5.63. The Labute approximate surface area is 115 Å². The van der Waals surface area contributed by atoms with Gasteiger partial charge in [-0.2, -0.15) is 5.10 Å². The molecule has 18 heavy (non-hydrogen) atoms. The van der Waals surface area contributed by atoms with E-state index < -0.39 is 0 Å². The van der Waals surface area contributed by atoms with Crippen LogP contribution in [0.25, 0.3) is 0 Å². The van der Waals surface area contributed by atoms with Gasteiger partial charge in [-0.15, -0.1) is 0 Å². The molecular weight excluding hydrogens is 246 g/mol. The van der Waals surface area contributed by atoms with Crippen molar-refractivity contribution in [2.24, 2.45) is 5.41 Å². The van der Waals surface area contributed by atoms with Gasteiger partial charge in [0.2, 0.25) is 0 Å². The molecule has 0 saturated heterocycles. The van der Waals surface area contributed by atoms with Crippen molar-refractivity contribution < 1.29 is 0 Å². The Morgan fingerprint density at radius 3 is 2.67 bits per heavy atom. The topological polar surface area (TPSA) is 29.9 Å². The monoisotopic (exact) mass is 269 g/mol. The van der Waals surface area contributed by atoms with Crippen molar-refractivity contribution in [2.75, 3.05) is 7.05 Å². The zero-order valence-corrected chi connectivity index (χ0v) is 12.4. The molecule has 0 radical (unpaired) electrons. The Morgan fingerprint density at radius 1 is 1.44 bits per heavy atom. The quantitative estimate of drug-likeness (QED) is 0.901. The van der Waals surface area contributed by atoms with Crippen LogP contribution in [0.15, 0.2) is 6.20 Å². The number of halogens is 1. The minimum Gasteiger partial charge on any atom is -0.311 e. The van der Waals surface area contributed by atoms with Crippen molar-refractivity contribution in [1.29, 1.82) is 0 Å². The van der Waals surface area contributed by atoms with Gasteiger partial charge in [0, 0.05) is 6.54 Å². The highest BCUT2D eigenvalue weighted by Gasteiger charge is 2.38. The molecule has 0 spiro atoms. The summed E-state index contributed by atoms with van der Waals surface area (Å²) in [5.41, 5.74) is 1.45. The first kappa shape index (κ1) is 13.9. The van der Waals surface area contributed by atoms with Gasteiger partial charge in [0.05, 0.1) is 23.0 Å². The molecule has 1 aromatic heterocycles. The second kappa shape index (κ2) is 5.62. The molecule has 1 unspecified atom stereocenters. The molecule has 0 bridgehead atoms. The second-order valence-corrected chi connectivity index (χ2v) is 6.04. The molecule has 0 amide bonds. The lowest BCUT2D eigenvalue weighted by Crippen LogP contribution is -2.37. The molecule has 3 nitrogen and oxygen atoms in total. The lowest BCUT2D eigenvalue weighted by atomic mass is 9.69. The zero-order chi connectivity index (χ0) is 13.2. The summed E-state index contributed by atoms with van der Waals surface area (Å²) in [6.07, 6.45) is 8.33. The van der Waals surface area contributed by atoms with E-state index >= 15 is 0 Å². The fourth-order valence-corrected chi connectivity index (χ4v) is 3.62. The Balaban J connectivity index is 2.34. The first-order chi connectivity index (χ1) is 8.62. The fraction of sp³-hybridized carbons (Fsp3) is 0.786. The molecule has 102 valence electrons. The number of hydrogen-bond acceptors (Lipinski definition) is 2. The highest BCUT2D eigenvalue weighted by Crippen LogP contribution is 2.46. The molecule has 1 aromatic rings. The lowest BCUT2D eigenvalue weighted by Gasteiger charge is -2.41. The van der Waals surface area contributed by atoms with Crippen LogP contribution in [0.2, 0.25) is 5.02 Å². The minimum atomic E-state index is 0.295. The molecule has 0 aromatic carbocycles. The standard InChI is InChI=1S/C14H24ClN3/c1-4-18-12(11(15)10-17-18)13(16-3)14(2)8-6-5-7-9-14/h10,13,16H,4-9H2,1-3H3. The number of nitrogens with one attached hydrogen (secondary N) is 1. The van der Waals surface area contributed by atoms with E-state index in [9.17, 15) is 0 Å². The van der Waals surface area contributed by atoms with Crippen LogP contribution < -0.4 is 5.32 Å². The number of nitrogens with zero attached hydrogens (tertiary/aromatic N) is 2. The molecule has 2 rings (SSSR count). The normalized spacial score (nSPS) is 20.9. The molecule has 4 heteroatoms. The zero-order valence-electron chi connectivity index (χ0n) is 11.7. The summed E-state index contributed by atoms with van der Waals surface area (Å²) < 4.78 is 2.03. The number of hydrogen-bond donors (Lipinski definition) is 1. The van der Waals surface area contributed by atoms with Crippen LogP contribution in [0.5, 0.6) is 0 Å². The van der Waals surface area contributed by atoms with E-state index in [0.717, 1.165) is 17.3 Å². The Bertz CT molecular complexity index is 394. The average Bonchev–Trinajstić information content (AvgIpc) is 2.73. The minimum absolute atomic E-state index is 0.295. The van der Waals surface area contributed by atoms with Crippen LogP contribution in [-0.4, -0.2) is 16.8 Å². The predicted octanol–water partition coefficient (Wildman–Crippen LogP) is 3.79. The summed E-state index contributed by atoms with van der Waals surface area (Å²) in [7, 11) is 2.04. The summed E-state index contributed by atoms with van der Waals surface area (Å²) in [6, 6.07) is 0.299. The molecule has 1 aliphatic rings. The summed E-state index contributed by atoms with van der Waals surface area (Å²) >= 11 is 6.36. The predicted molar refractivity (Wildman–Crippen MR) is 75.9 cm³/mol. The largest absolute Gasteiger partial charge is 0.311 e. The third-order valence-corrected chi connectivity index (χ3v) is 4.68. The van der Waals surface area contributed by atoms with Gasteiger partial charge in [-0.05, 0) is 32.2 Å². The van der Waals surface area contributed by atoms with Gasteiger partial charge in [0.1, 0.15) is 0 Å². The molecule has 1 fully saturated rings. The summed E-state index contributed by atoms with van der Waals surface area (Å²) in [5.74, 6) is 0. The van der Waals surface area contributed by atoms with E-state index in [2.05, 4.69) is 24.3 Å². The maximum atomic E-state index is 6.36. The maximum Gasteiger partial charge on any atom is 0.0834 e. The molecule has 1 aliphatic carbocycles. The molecular formula is C14H24ClN3. The molecule has 1 saturated carbocycles. The first-order valence-corrected chi connectivity index (χ1v) is 7.38. The SMILES string of the molecule is CCn1ncc(Cl)c1C(NC)C1(C)CCCCC1. The highest BCUT2D eigenvalue weighted by atomic mass is 35.5. The third-order valence-electron chi connectivity index (χ3n) is 4.39. The van der Waals surface area contributed by atoms with Crippen molar-refractivity contribution in [1.82, 2.24) is 15.1 Å². The van der Waals surface area contributed by atoms with Crippen LogP contribution in [0.3, 0.4) is 0 Å². The van der Waals surface area contributed by atoms with Crippen LogP contribution in [-0.2, 0) is 6.54 Å². The van der Waals surface area contributed by atoms with Crippen LogP contribution in [0.4, 0.5) is 0 Å². The van der Waals surface area contributed by atoms with Gasteiger partial charge < -0.3 is 5.32 Å². The summed E-state index contributed by atoms with van der Waals surface area (Å²) in [6.45, 7) is 5.37. The Hall–Kier alpha value is -0.540. The molecule has 1 atom stereocenters. The van der Waals surface area contributed by atoms with Gasteiger partial charge in [-0.3, -0.25) is 4.68 Å². The van der Waals surface area contributed by atoms with Crippen molar-refractivity contribution in [2.45, 2.75) is 58.5 Å². The van der Waals surface area contributed by atoms with Crippen LogP contribution in [0, 0.1) is 5.41 Å². The molecule has 0 aliphatic heterocycles. The Morgan fingerprint density at radius 2 is 2.11 bits per heavy atom. The maximum absolute atomic E-state index is 6.36. The van der Waals surface area contributed by atoms with Crippen LogP contribution in [0.1, 0.15) is 57.7 Å². The van der Waals surface area contributed by atoms with Crippen LogP contribution >= 0.6 is 11.6 Å². The van der Waals surface area contributed by atoms with Crippen molar-refractivity contribution in [3.8, 4) is 0 Å². The van der Waals surface area contributed by atoms with E-state index in [-0.39, 0.29) is 0 Å². The smallest absolute Gasteiger partial charge is 0.0834 e. The van der Waals surface area contributed by atoms with Crippen molar-refractivity contribution in [3.05, 3.63) is 16.9 Å². The third kappa shape index (κ3) is 2.43. The lowest BCUT2D eigenvalue weighted by molar-refractivity contribution is 0.144. The number of aryl methyl sites for hydroxylation is 1. The van der Waals surface area contributed by atoms with E-state index in [0.29, 0.717) is 11.5 Å². The molecule has 1 heterocycles. The van der Waals surface area contributed by atoms with E-state index in [4.69, 9.17) is 11.6 Å². The number of aromatic nitrogens is 2. The van der Waals surface area contributed by atoms with Gasteiger partial charge in [-0.25, -0.2) is 0 Å². The Kier molecular flexibility index (Phi) is 4.33. The fourth-order valence-electron chi connectivity index (χ4n) is 3.37.